The Kier molecular flexibility index (Phi) is 3.26. The highest BCUT2D eigenvalue weighted by molar-refractivity contribution is 7.92. The summed E-state index contributed by atoms with van der Waals surface area (Å²) in [6.07, 6.45) is 0.958. The van der Waals surface area contributed by atoms with Crippen LogP contribution >= 0.6 is 0 Å². The van der Waals surface area contributed by atoms with Gasteiger partial charge in [-0.25, -0.2) is 13.1 Å². The van der Waals surface area contributed by atoms with Crippen LogP contribution in [-0.2, 0) is 21.1 Å². The summed E-state index contributed by atoms with van der Waals surface area (Å²) in [5.41, 5.74) is 0.356. The number of anilines is 1. The van der Waals surface area contributed by atoms with E-state index in [0.29, 0.717) is 30.4 Å². The predicted octanol–water partition coefficient (Wildman–Crippen LogP) is -0.0326. The Morgan fingerprint density at radius 1 is 1.35 bits per heavy atom. The van der Waals surface area contributed by atoms with Crippen LogP contribution in [0.25, 0.3) is 0 Å². The highest BCUT2D eigenvalue weighted by atomic mass is 32.2. The van der Waals surface area contributed by atoms with Crippen molar-refractivity contribution in [1.82, 2.24) is 20.2 Å². The van der Waals surface area contributed by atoms with Gasteiger partial charge in [0.05, 0.1) is 17.1 Å². The minimum absolute atomic E-state index is 0.00696. The summed E-state index contributed by atoms with van der Waals surface area (Å²) >= 11 is 0. The van der Waals surface area contributed by atoms with Gasteiger partial charge in [-0.2, -0.15) is 0 Å². The second kappa shape index (κ2) is 4.89. The normalized spacial score (nSPS) is 37.1. The molecule has 8 nitrogen and oxygen atoms in total. The zero-order valence-corrected chi connectivity index (χ0v) is 14.5. The van der Waals surface area contributed by atoms with Crippen LogP contribution in [0.15, 0.2) is 0 Å². The molecule has 9 heteroatoms. The first kappa shape index (κ1) is 15.3. The lowest BCUT2D eigenvalue weighted by atomic mass is 10.0. The highest BCUT2D eigenvalue weighted by Crippen LogP contribution is 2.52. The van der Waals surface area contributed by atoms with E-state index < -0.39 is 9.84 Å². The van der Waals surface area contributed by atoms with Crippen molar-refractivity contribution >= 4 is 15.8 Å². The van der Waals surface area contributed by atoms with Crippen molar-refractivity contribution in [1.29, 1.82) is 0 Å². The third-order valence-electron chi connectivity index (χ3n) is 5.85. The maximum absolute atomic E-state index is 12.3. The van der Waals surface area contributed by atoms with Gasteiger partial charge < -0.3 is 9.64 Å². The molecule has 0 amide bonds. The van der Waals surface area contributed by atoms with Crippen LogP contribution < -0.4 is 4.90 Å². The predicted molar refractivity (Wildman–Crippen MR) is 83.8 cm³/mol. The summed E-state index contributed by atoms with van der Waals surface area (Å²) < 4.78 is 31.9. The van der Waals surface area contributed by atoms with Gasteiger partial charge in [0.15, 0.2) is 9.84 Å². The second-order valence-corrected chi connectivity index (χ2v) is 10.0. The first-order valence-corrected chi connectivity index (χ1v) is 9.79. The summed E-state index contributed by atoms with van der Waals surface area (Å²) in [6, 6.07) is 0. The van der Waals surface area contributed by atoms with Gasteiger partial charge in [0.1, 0.15) is 0 Å². The van der Waals surface area contributed by atoms with Crippen LogP contribution in [0.5, 0.6) is 0 Å². The van der Waals surface area contributed by atoms with E-state index in [2.05, 4.69) is 29.4 Å². The van der Waals surface area contributed by atoms with Crippen molar-refractivity contribution in [2.75, 3.05) is 30.9 Å². The third-order valence-corrected chi connectivity index (χ3v) is 8.07. The number of fused-ring (bicyclic) bond motifs is 1. The van der Waals surface area contributed by atoms with Gasteiger partial charge in [0.2, 0.25) is 5.95 Å². The molecular formula is C14H23N5O3S. The molecule has 3 fully saturated rings. The Hall–Kier alpha value is -1.22. The molecule has 4 atom stereocenters. The molecule has 0 radical (unpaired) electrons. The second-order valence-electron chi connectivity index (χ2n) is 7.76. The molecule has 1 saturated carbocycles. The minimum Gasteiger partial charge on any atom is -0.380 e. The fourth-order valence-corrected chi connectivity index (χ4v) is 6.35. The largest absolute Gasteiger partial charge is 0.380 e. The number of rotatable bonds is 4. The summed E-state index contributed by atoms with van der Waals surface area (Å²) in [4.78, 5) is 2.01. The molecule has 3 heterocycles. The van der Waals surface area contributed by atoms with E-state index in [9.17, 15) is 8.42 Å². The van der Waals surface area contributed by atoms with Crippen LogP contribution in [0.1, 0.15) is 20.3 Å². The molecule has 3 aliphatic rings. The molecular weight excluding hydrogens is 318 g/mol. The molecule has 4 rings (SSSR count). The fourth-order valence-electron chi connectivity index (χ4n) is 4.06. The zero-order chi connectivity index (χ0) is 16.4. The molecule has 23 heavy (non-hydrogen) atoms. The summed E-state index contributed by atoms with van der Waals surface area (Å²) in [7, 11) is -1.51. The topological polar surface area (TPSA) is 90.2 Å². The van der Waals surface area contributed by atoms with Crippen LogP contribution in [0.2, 0.25) is 0 Å². The Balaban J connectivity index is 1.54. The van der Waals surface area contributed by atoms with Gasteiger partial charge in [0.25, 0.3) is 0 Å². The molecule has 1 unspecified atom stereocenters. The van der Waals surface area contributed by atoms with Crippen LogP contribution in [-0.4, -0.2) is 65.9 Å². The molecule has 0 spiro atoms. The number of hydrogen-bond donors (Lipinski definition) is 0. The number of ether oxygens (including phenoxy) is 1. The molecule has 2 saturated heterocycles. The first-order valence-electron chi connectivity index (χ1n) is 8.07. The van der Waals surface area contributed by atoms with Crippen LogP contribution in [0.4, 0.5) is 5.95 Å². The van der Waals surface area contributed by atoms with Gasteiger partial charge in [0, 0.05) is 32.7 Å². The standard InChI is InChI=1S/C14H23N5O3S/c1-14(2)4-9(14)5-19-13(15-16-17-19)18-6-10-11(22-3)8-23(20,21)12(10)7-18/h9-12H,4-8H2,1-3H3/t9?,10-,11+,12-/m0/s1. The monoisotopic (exact) mass is 341 g/mol. The highest BCUT2D eigenvalue weighted by Gasteiger charge is 2.53. The molecule has 128 valence electrons. The molecule has 0 N–H and O–H groups in total. The van der Waals surface area contributed by atoms with E-state index in [1.165, 1.54) is 6.42 Å². The Morgan fingerprint density at radius 2 is 2.09 bits per heavy atom. The zero-order valence-electron chi connectivity index (χ0n) is 13.7. The van der Waals surface area contributed by atoms with Gasteiger partial charge in [-0.15, -0.1) is 0 Å². The average Bonchev–Trinajstić information content (AvgIpc) is 2.91. The van der Waals surface area contributed by atoms with E-state index in [1.807, 2.05) is 9.58 Å². The molecule has 1 aliphatic carbocycles. The molecule has 1 aromatic rings. The van der Waals surface area contributed by atoms with Gasteiger partial charge in [-0.1, -0.05) is 18.9 Å². The van der Waals surface area contributed by atoms with Crippen molar-refractivity contribution in [3.63, 3.8) is 0 Å². The summed E-state index contributed by atoms with van der Waals surface area (Å²) in [5, 5.41) is 11.7. The summed E-state index contributed by atoms with van der Waals surface area (Å²) in [5.74, 6) is 1.41. The lowest BCUT2D eigenvalue weighted by molar-refractivity contribution is 0.0870. The van der Waals surface area contributed by atoms with Crippen LogP contribution in [0, 0.1) is 17.3 Å². The maximum Gasteiger partial charge on any atom is 0.245 e. The summed E-state index contributed by atoms with van der Waals surface area (Å²) in [6.45, 7) is 6.38. The van der Waals surface area contributed by atoms with Gasteiger partial charge >= 0.3 is 0 Å². The quantitative estimate of drug-likeness (QED) is 0.759. The Morgan fingerprint density at radius 3 is 2.74 bits per heavy atom. The van der Waals surface area contributed by atoms with E-state index in [-0.39, 0.29) is 23.0 Å². The van der Waals surface area contributed by atoms with Crippen molar-refractivity contribution in [3.05, 3.63) is 0 Å². The van der Waals surface area contributed by atoms with Crippen molar-refractivity contribution < 1.29 is 13.2 Å². The number of methoxy groups -OCH3 is 1. The van der Waals surface area contributed by atoms with E-state index >= 15 is 0 Å². The van der Waals surface area contributed by atoms with Crippen molar-refractivity contribution in [3.8, 4) is 0 Å². The average molecular weight is 341 g/mol. The fraction of sp³-hybridized carbons (Fsp3) is 0.929. The lowest BCUT2D eigenvalue weighted by Crippen LogP contribution is -2.30. The van der Waals surface area contributed by atoms with Crippen molar-refractivity contribution in [2.24, 2.45) is 17.3 Å². The number of nitrogens with zero attached hydrogens (tertiary/aromatic N) is 5. The number of aromatic nitrogens is 4. The maximum atomic E-state index is 12.3. The Labute approximate surface area is 136 Å². The first-order chi connectivity index (χ1) is 10.8. The minimum atomic E-state index is -3.10. The van der Waals surface area contributed by atoms with Crippen molar-refractivity contribution in [2.45, 2.75) is 38.2 Å². The molecule has 2 aliphatic heterocycles. The molecule has 0 bridgehead atoms. The van der Waals surface area contributed by atoms with E-state index in [0.717, 1.165) is 6.54 Å². The lowest BCUT2D eigenvalue weighted by Gasteiger charge is -2.20. The SMILES string of the molecule is CO[C@@H]1CS(=O)(=O)[C@H]2CN(c3nnnn3CC3CC3(C)C)C[C@@H]12. The van der Waals surface area contributed by atoms with E-state index in [4.69, 9.17) is 4.74 Å². The molecule has 1 aromatic heterocycles. The van der Waals surface area contributed by atoms with Gasteiger partial charge in [-0.05, 0) is 28.2 Å². The smallest absolute Gasteiger partial charge is 0.245 e. The number of tetrazole rings is 1. The number of sulfone groups is 1. The molecule has 0 aromatic carbocycles. The van der Waals surface area contributed by atoms with Gasteiger partial charge in [-0.3, -0.25) is 0 Å². The van der Waals surface area contributed by atoms with Crippen LogP contribution in [0.3, 0.4) is 0 Å². The van der Waals surface area contributed by atoms with E-state index in [1.54, 1.807) is 7.11 Å². The Bertz CT molecular complexity index is 716. The number of hydrogen-bond acceptors (Lipinski definition) is 7. The third kappa shape index (κ3) is 2.44.